The lowest BCUT2D eigenvalue weighted by molar-refractivity contribution is -0.125. The van der Waals surface area contributed by atoms with E-state index in [0.29, 0.717) is 16.5 Å². The van der Waals surface area contributed by atoms with Crippen molar-refractivity contribution in [2.75, 3.05) is 6.61 Å². The Hall–Kier alpha value is -2.21. The maximum atomic E-state index is 12.2. The zero-order chi connectivity index (χ0) is 17.7. The molecule has 1 amide bonds. The number of aromatic nitrogens is 1. The van der Waals surface area contributed by atoms with E-state index in [0.717, 1.165) is 10.6 Å². The van der Waals surface area contributed by atoms with Crippen LogP contribution in [0.25, 0.3) is 10.6 Å². The van der Waals surface area contributed by atoms with Crippen LogP contribution in [-0.4, -0.2) is 29.5 Å². The lowest BCUT2D eigenvalue weighted by Gasteiger charge is -2.17. The number of carbonyl (C=O) groups is 2. The largest absolute Gasteiger partial charge is 0.451 e. The van der Waals surface area contributed by atoms with E-state index < -0.39 is 5.97 Å². The summed E-state index contributed by atoms with van der Waals surface area (Å²) in [5.41, 5.74) is 1.56. The van der Waals surface area contributed by atoms with Crippen molar-refractivity contribution in [1.82, 2.24) is 10.3 Å². The highest BCUT2D eigenvalue weighted by Crippen LogP contribution is 2.28. The molecule has 0 fully saturated rings. The number of nitrogens with zero attached hydrogens (tertiary/aromatic N) is 1. The van der Waals surface area contributed by atoms with Crippen molar-refractivity contribution in [3.05, 3.63) is 40.9 Å². The maximum Gasteiger partial charge on any atom is 0.350 e. The quantitative estimate of drug-likeness (QED) is 0.814. The van der Waals surface area contributed by atoms with Crippen LogP contribution in [0.5, 0.6) is 0 Å². The van der Waals surface area contributed by atoms with Crippen molar-refractivity contribution in [3.8, 4) is 10.6 Å². The Morgan fingerprint density at radius 2 is 1.88 bits per heavy atom. The minimum Gasteiger partial charge on any atom is -0.451 e. The van der Waals surface area contributed by atoms with Crippen LogP contribution < -0.4 is 5.32 Å². The average Bonchev–Trinajstić information content (AvgIpc) is 2.95. The molecule has 1 heterocycles. The average molecular weight is 346 g/mol. The van der Waals surface area contributed by atoms with Crippen molar-refractivity contribution in [3.63, 3.8) is 0 Å². The van der Waals surface area contributed by atoms with Crippen LogP contribution in [-0.2, 0) is 9.53 Å². The minimum atomic E-state index is -0.514. The molecule has 1 N–H and O–H groups in total. The number of benzene rings is 1. The van der Waals surface area contributed by atoms with Gasteiger partial charge in [0.1, 0.15) is 9.88 Å². The van der Waals surface area contributed by atoms with Crippen LogP contribution >= 0.6 is 11.3 Å². The van der Waals surface area contributed by atoms with Gasteiger partial charge in [-0.1, -0.05) is 44.2 Å². The van der Waals surface area contributed by atoms with Crippen molar-refractivity contribution >= 4 is 23.2 Å². The molecule has 0 spiro atoms. The summed E-state index contributed by atoms with van der Waals surface area (Å²) in [5.74, 6) is -0.489. The molecule has 0 bridgehead atoms. The van der Waals surface area contributed by atoms with E-state index >= 15 is 0 Å². The standard InChI is InChI=1S/C18H22N2O3S/c1-11(2)12(3)19-15(21)10-23-18(22)16-13(4)20-17(24-16)14-8-6-5-7-9-14/h5-9,11-12H,10H2,1-4H3,(H,19,21)/t12-/m1/s1. The highest BCUT2D eigenvalue weighted by Gasteiger charge is 2.19. The number of hydrogen-bond acceptors (Lipinski definition) is 5. The molecule has 0 saturated carbocycles. The van der Waals surface area contributed by atoms with Crippen molar-refractivity contribution in [1.29, 1.82) is 0 Å². The Morgan fingerprint density at radius 3 is 2.50 bits per heavy atom. The number of nitrogens with one attached hydrogen (secondary N) is 1. The molecule has 6 heteroatoms. The van der Waals surface area contributed by atoms with Crippen molar-refractivity contribution in [2.45, 2.75) is 33.7 Å². The van der Waals surface area contributed by atoms with Crippen LogP contribution in [0.15, 0.2) is 30.3 Å². The van der Waals surface area contributed by atoms with Crippen molar-refractivity contribution < 1.29 is 14.3 Å². The lowest BCUT2D eigenvalue weighted by Crippen LogP contribution is -2.38. The second-order valence-corrected chi connectivity index (χ2v) is 6.97. The summed E-state index contributed by atoms with van der Waals surface area (Å²) in [5, 5.41) is 3.57. The van der Waals surface area contributed by atoms with Crippen molar-refractivity contribution in [2.24, 2.45) is 5.92 Å². The normalized spacial score (nSPS) is 12.0. The molecule has 2 aromatic rings. The highest BCUT2D eigenvalue weighted by molar-refractivity contribution is 7.17. The monoisotopic (exact) mass is 346 g/mol. The van der Waals surface area contributed by atoms with E-state index in [1.165, 1.54) is 11.3 Å². The first-order chi connectivity index (χ1) is 11.4. The molecule has 0 radical (unpaired) electrons. The molecule has 2 rings (SSSR count). The summed E-state index contributed by atoms with van der Waals surface area (Å²) in [4.78, 5) is 28.9. The van der Waals surface area contributed by atoms with Gasteiger partial charge < -0.3 is 10.1 Å². The van der Waals surface area contributed by atoms with E-state index in [9.17, 15) is 9.59 Å². The Labute approximate surface area is 146 Å². The van der Waals surface area contributed by atoms with Gasteiger partial charge in [-0.3, -0.25) is 4.79 Å². The molecule has 0 aliphatic carbocycles. The molecular weight excluding hydrogens is 324 g/mol. The number of esters is 1. The third kappa shape index (κ3) is 4.64. The number of carbonyl (C=O) groups excluding carboxylic acids is 2. The predicted octanol–water partition coefficient (Wildman–Crippen LogP) is 3.44. The Balaban J connectivity index is 1.98. The number of hydrogen-bond donors (Lipinski definition) is 1. The third-order valence-corrected chi connectivity index (χ3v) is 4.91. The van der Waals surface area contributed by atoms with E-state index in [1.807, 2.05) is 51.1 Å². The fourth-order valence-corrected chi connectivity index (χ4v) is 2.91. The molecule has 128 valence electrons. The molecule has 0 saturated heterocycles. The molecule has 1 atom stereocenters. The van der Waals surface area contributed by atoms with Gasteiger partial charge in [-0.25, -0.2) is 9.78 Å². The Bertz CT molecular complexity index is 710. The third-order valence-electron chi connectivity index (χ3n) is 3.73. The molecule has 0 aliphatic heterocycles. The van der Waals surface area contributed by atoms with E-state index in [1.54, 1.807) is 6.92 Å². The van der Waals surface area contributed by atoms with Crippen LogP contribution in [0, 0.1) is 12.8 Å². The second-order valence-electron chi connectivity index (χ2n) is 5.98. The molecule has 1 aromatic carbocycles. The number of rotatable bonds is 6. The maximum absolute atomic E-state index is 12.2. The van der Waals surface area contributed by atoms with Crippen LogP contribution in [0.1, 0.15) is 36.1 Å². The van der Waals surface area contributed by atoms with Gasteiger partial charge in [0.05, 0.1) is 5.69 Å². The van der Waals surface area contributed by atoms with Gasteiger partial charge in [-0.2, -0.15) is 0 Å². The molecule has 0 unspecified atom stereocenters. The van der Waals surface area contributed by atoms with Gasteiger partial charge in [0.2, 0.25) is 0 Å². The first kappa shape index (κ1) is 18.1. The lowest BCUT2D eigenvalue weighted by atomic mass is 10.1. The minimum absolute atomic E-state index is 0.0334. The fraction of sp³-hybridized carbons (Fsp3) is 0.389. The topological polar surface area (TPSA) is 68.3 Å². The van der Waals surface area contributed by atoms with Gasteiger partial charge >= 0.3 is 5.97 Å². The number of aryl methyl sites for hydroxylation is 1. The van der Waals surface area contributed by atoms with Crippen LogP contribution in [0.4, 0.5) is 0 Å². The molecule has 24 heavy (non-hydrogen) atoms. The van der Waals surface area contributed by atoms with E-state index in [4.69, 9.17) is 4.74 Å². The molecule has 1 aromatic heterocycles. The summed E-state index contributed by atoms with van der Waals surface area (Å²) < 4.78 is 5.12. The smallest absolute Gasteiger partial charge is 0.350 e. The SMILES string of the molecule is Cc1nc(-c2ccccc2)sc1C(=O)OCC(=O)N[C@H](C)C(C)C. The molecule has 0 aliphatic rings. The van der Waals surface area contributed by atoms with Crippen LogP contribution in [0.2, 0.25) is 0 Å². The van der Waals surface area contributed by atoms with E-state index in [-0.39, 0.29) is 18.6 Å². The highest BCUT2D eigenvalue weighted by atomic mass is 32.1. The van der Waals surface area contributed by atoms with Gasteiger partial charge in [0.15, 0.2) is 6.61 Å². The van der Waals surface area contributed by atoms with Gasteiger partial charge in [-0.15, -0.1) is 11.3 Å². The Morgan fingerprint density at radius 1 is 1.21 bits per heavy atom. The summed E-state index contributed by atoms with van der Waals surface area (Å²) in [6.07, 6.45) is 0. The summed E-state index contributed by atoms with van der Waals surface area (Å²) in [6, 6.07) is 9.68. The predicted molar refractivity (Wildman–Crippen MR) is 95.0 cm³/mol. The second kappa shape index (κ2) is 8.06. The summed E-state index contributed by atoms with van der Waals surface area (Å²) in [7, 11) is 0. The first-order valence-corrected chi connectivity index (χ1v) is 8.69. The Kier molecular flexibility index (Phi) is 6.09. The van der Waals surface area contributed by atoms with Crippen LogP contribution in [0.3, 0.4) is 0 Å². The molecule has 5 nitrogen and oxygen atoms in total. The summed E-state index contributed by atoms with van der Waals surface area (Å²) in [6.45, 7) is 7.43. The fourth-order valence-electron chi connectivity index (χ4n) is 1.95. The summed E-state index contributed by atoms with van der Waals surface area (Å²) >= 11 is 1.27. The van der Waals surface area contributed by atoms with Gasteiger partial charge in [0, 0.05) is 11.6 Å². The van der Waals surface area contributed by atoms with E-state index in [2.05, 4.69) is 10.3 Å². The van der Waals surface area contributed by atoms with Gasteiger partial charge in [-0.05, 0) is 19.8 Å². The number of amides is 1. The molecular formula is C18H22N2O3S. The number of ether oxygens (including phenoxy) is 1. The van der Waals surface area contributed by atoms with Gasteiger partial charge in [0.25, 0.3) is 5.91 Å². The zero-order valence-corrected chi connectivity index (χ0v) is 15.1. The zero-order valence-electron chi connectivity index (χ0n) is 14.3. The first-order valence-electron chi connectivity index (χ1n) is 7.87. The number of thiazole rings is 1.